The smallest absolute Gasteiger partial charge is 0.120 e. The third kappa shape index (κ3) is 4.97. The number of morpholine rings is 1. The molecule has 7 heteroatoms. The molecule has 0 bridgehead atoms. The van der Waals surface area contributed by atoms with Crippen LogP contribution in [0.4, 0.5) is 5.69 Å². The molecule has 0 radical (unpaired) electrons. The molecule has 0 aliphatic carbocycles. The molecule has 1 aliphatic heterocycles. The summed E-state index contributed by atoms with van der Waals surface area (Å²) in [6, 6.07) is 7.30. The van der Waals surface area contributed by atoms with Crippen LogP contribution in [0.25, 0.3) is 11.6 Å². The zero-order valence-corrected chi connectivity index (χ0v) is 15.6. The van der Waals surface area contributed by atoms with Crippen LogP contribution in [-0.4, -0.2) is 47.5 Å². The first-order valence-corrected chi connectivity index (χ1v) is 9.13. The highest BCUT2D eigenvalue weighted by molar-refractivity contribution is 6.09. The topological polar surface area (TPSA) is 107 Å². The average Bonchev–Trinajstić information content (AvgIpc) is 2.73. The summed E-state index contributed by atoms with van der Waals surface area (Å²) in [7, 11) is 0. The summed E-state index contributed by atoms with van der Waals surface area (Å²) in [5, 5.41) is 20.9. The van der Waals surface area contributed by atoms with Crippen molar-refractivity contribution >= 4 is 23.6 Å². The Morgan fingerprint density at radius 1 is 1.32 bits per heavy atom. The van der Waals surface area contributed by atoms with E-state index < -0.39 is 0 Å². The Morgan fingerprint density at radius 2 is 2.14 bits per heavy atom. The van der Waals surface area contributed by atoms with E-state index in [0.29, 0.717) is 17.9 Å². The highest BCUT2D eigenvalue weighted by atomic mass is 16.5. The molecule has 3 rings (SSSR count). The predicted molar refractivity (Wildman–Crippen MR) is 112 cm³/mol. The van der Waals surface area contributed by atoms with Crippen molar-refractivity contribution in [3.05, 3.63) is 65.7 Å². The molecule has 5 N–H and O–H groups in total. The molecule has 0 amide bonds. The Balaban J connectivity index is 1.71. The summed E-state index contributed by atoms with van der Waals surface area (Å²) >= 11 is 0. The van der Waals surface area contributed by atoms with Crippen molar-refractivity contribution in [2.24, 2.45) is 5.73 Å². The summed E-state index contributed by atoms with van der Waals surface area (Å²) in [6.45, 7) is 3.87. The number of pyridine rings is 1. The van der Waals surface area contributed by atoms with Crippen LogP contribution in [-0.2, 0) is 11.3 Å². The molecule has 1 aromatic carbocycles. The molecule has 7 nitrogen and oxygen atoms in total. The molecule has 1 saturated heterocycles. The number of nitrogens with zero attached hydrogens (tertiary/aromatic N) is 2. The van der Waals surface area contributed by atoms with Crippen LogP contribution in [0, 0.1) is 5.41 Å². The van der Waals surface area contributed by atoms with Gasteiger partial charge in [-0.1, -0.05) is 0 Å². The van der Waals surface area contributed by atoms with Gasteiger partial charge in [-0.25, -0.2) is 0 Å². The van der Waals surface area contributed by atoms with E-state index in [2.05, 4.69) is 15.2 Å². The number of phenols is 1. The van der Waals surface area contributed by atoms with Crippen LogP contribution in [0.15, 0.2) is 49.1 Å². The van der Waals surface area contributed by atoms with E-state index in [1.54, 1.807) is 18.5 Å². The first-order valence-electron chi connectivity index (χ1n) is 9.13. The lowest BCUT2D eigenvalue weighted by atomic mass is 10.0. The molecule has 0 atom stereocenters. The normalized spacial score (nSPS) is 15.6. The quantitative estimate of drug-likeness (QED) is 0.435. The van der Waals surface area contributed by atoms with E-state index >= 15 is 0 Å². The number of hydrogen-bond donors (Lipinski definition) is 4. The molecule has 2 aromatic rings. The van der Waals surface area contributed by atoms with Crippen molar-refractivity contribution in [2.75, 3.05) is 31.6 Å². The molecule has 0 saturated carbocycles. The first kappa shape index (κ1) is 19.6. The minimum atomic E-state index is 0.291. The molecule has 0 unspecified atom stereocenters. The molecule has 146 valence electrons. The maximum absolute atomic E-state index is 10.2. The molecule has 2 heterocycles. The van der Waals surface area contributed by atoms with Crippen molar-refractivity contribution in [3.63, 3.8) is 0 Å². The second-order valence-corrected chi connectivity index (χ2v) is 6.44. The SMILES string of the molecule is N=CC(=CN)c1ccncc1/C=C/Nc1ccc(O)c(CN2CCOCC2)c1. The van der Waals surface area contributed by atoms with Crippen molar-refractivity contribution in [1.82, 2.24) is 9.88 Å². The van der Waals surface area contributed by atoms with Gasteiger partial charge in [0.15, 0.2) is 0 Å². The average molecular weight is 379 g/mol. The number of allylic oxidation sites excluding steroid dienone is 1. The number of aromatic nitrogens is 1. The summed E-state index contributed by atoms with van der Waals surface area (Å²) in [5.74, 6) is 0.291. The first-order chi connectivity index (χ1) is 13.7. The number of ether oxygens (including phenoxy) is 1. The van der Waals surface area contributed by atoms with E-state index in [1.807, 2.05) is 30.5 Å². The number of nitrogens with one attached hydrogen (secondary N) is 2. The zero-order chi connectivity index (χ0) is 19.8. The number of rotatable bonds is 7. The lowest BCUT2D eigenvalue weighted by molar-refractivity contribution is 0.0339. The molecular weight excluding hydrogens is 354 g/mol. The van der Waals surface area contributed by atoms with Gasteiger partial charge in [0.1, 0.15) is 5.75 Å². The van der Waals surface area contributed by atoms with Crippen LogP contribution < -0.4 is 11.1 Å². The van der Waals surface area contributed by atoms with Crippen LogP contribution >= 0.6 is 0 Å². The van der Waals surface area contributed by atoms with E-state index in [4.69, 9.17) is 15.9 Å². The maximum Gasteiger partial charge on any atom is 0.120 e. The van der Waals surface area contributed by atoms with Gasteiger partial charge >= 0.3 is 0 Å². The number of nitrogens with two attached hydrogens (primary N) is 1. The van der Waals surface area contributed by atoms with Crippen LogP contribution in [0.2, 0.25) is 0 Å². The van der Waals surface area contributed by atoms with Gasteiger partial charge in [-0.3, -0.25) is 9.88 Å². The van der Waals surface area contributed by atoms with Crippen LogP contribution in [0.3, 0.4) is 0 Å². The van der Waals surface area contributed by atoms with Crippen LogP contribution in [0.5, 0.6) is 5.75 Å². The van der Waals surface area contributed by atoms with Gasteiger partial charge in [-0.15, -0.1) is 0 Å². The van der Waals surface area contributed by atoms with E-state index in [9.17, 15) is 5.11 Å². The minimum Gasteiger partial charge on any atom is -0.508 e. The molecule has 0 spiro atoms. The van der Waals surface area contributed by atoms with Gasteiger partial charge in [0.2, 0.25) is 0 Å². The standard InChI is InChI=1S/C21H25N5O2/c22-12-18(13-23)20-4-5-24-14-16(20)3-6-25-19-1-2-21(27)17(11-19)15-26-7-9-28-10-8-26/h1-6,11-14,22,25,27H,7-10,15,23H2/b6-3+,18-13?,22-12?. The molecule has 1 aliphatic rings. The van der Waals surface area contributed by atoms with Crippen molar-refractivity contribution in [3.8, 4) is 5.75 Å². The van der Waals surface area contributed by atoms with Gasteiger partial charge < -0.3 is 26.3 Å². The molecular formula is C21H25N5O2. The third-order valence-electron chi connectivity index (χ3n) is 4.59. The third-order valence-corrected chi connectivity index (χ3v) is 4.59. The van der Waals surface area contributed by atoms with Crippen molar-refractivity contribution in [1.29, 1.82) is 5.41 Å². The van der Waals surface area contributed by atoms with Crippen molar-refractivity contribution < 1.29 is 9.84 Å². The van der Waals surface area contributed by atoms with E-state index in [-0.39, 0.29) is 0 Å². The number of hydrogen-bond acceptors (Lipinski definition) is 7. The van der Waals surface area contributed by atoms with Gasteiger partial charge in [-0.05, 0) is 35.9 Å². The summed E-state index contributed by atoms with van der Waals surface area (Å²) < 4.78 is 5.37. The van der Waals surface area contributed by atoms with Gasteiger partial charge in [0.25, 0.3) is 0 Å². The number of aromatic hydroxyl groups is 1. The fraction of sp³-hybridized carbons (Fsp3) is 0.238. The fourth-order valence-corrected chi connectivity index (χ4v) is 3.05. The van der Waals surface area contributed by atoms with Gasteiger partial charge in [0, 0.05) is 73.0 Å². The number of benzene rings is 1. The van der Waals surface area contributed by atoms with Gasteiger partial charge in [-0.2, -0.15) is 0 Å². The predicted octanol–water partition coefficient (Wildman–Crippen LogP) is 2.65. The Bertz CT molecular complexity index is 873. The second-order valence-electron chi connectivity index (χ2n) is 6.44. The van der Waals surface area contributed by atoms with Gasteiger partial charge in [0.05, 0.1) is 13.2 Å². The lowest BCUT2D eigenvalue weighted by Crippen LogP contribution is -2.35. The fourth-order valence-electron chi connectivity index (χ4n) is 3.05. The van der Waals surface area contributed by atoms with E-state index in [1.165, 1.54) is 12.4 Å². The largest absolute Gasteiger partial charge is 0.508 e. The number of phenolic OH excluding ortho intramolecular Hbond substituents is 1. The number of anilines is 1. The van der Waals surface area contributed by atoms with Crippen molar-refractivity contribution in [2.45, 2.75) is 6.54 Å². The highest BCUT2D eigenvalue weighted by Crippen LogP contribution is 2.24. The van der Waals surface area contributed by atoms with E-state index in [0.717, 1.165) is 48.7 Å². The van der Waals surface area contributed by atoms with Crippen LogP contribution in [0.1, 0.15) is 16.7 Å². The Hall–Kier alpha value is -3.16. The highest BCUT2D eigenvalue weighted by Gasteiger charge is 2.13. The Kier molecular flexibility index (Phi) is 6.78. The molecule has 28 heavy (non-hydrogen) atoms. The Labute approximate surface area is 164 Å². The lowest BCUT2D eigenvalue weighted by Gasteiger charge is -2.27. The molecule has 1 aromatic heterocycles. The second kappa shape index (κ2) is 9.68. The summed E-state index contributed by atoms with van der Waals surface area (Å²) in [6.07, 6.45) is 9.71. The summed E-state index contributed by atoms with van der Waals surface area (Å²) in [5.41, 5.74) is 9.67. The Morgan fingerprint density at radius 3 is 2.89 bits per heavy atom. The summed E-state index contributed by atoms with van der Waals surface area (Å²) in [4.78, 5) is 6.40. The zero-order valence-electron chi connectivity index (χ0n) is 15.6. The maximum atomic E-state index is 10.2. The minimum absolute atomic E-state index is 0.291. The monoisotopic (exact) mass is 379 g/mol. The molecule has 1 fully saturated rings.